The Kier molecular flexibility index (Phi) is 4.85. The highest BCUT2D eigenvalue weighted by molar-refractivity contribution is 14.1. The van der Waals surface area contributed by atoms with Crippen molar-refractivity contribution >= 4 is 22.6 Å². The summed E-state index contributed by atoms with van der Waals surface area (Å²) in [6.45, 7) is 2.54. The van der Waals surface area contributed by atoms with Gasteiger partial charge >= 0.3 is 0 Å². The first kappa shape index (κ1) is 18.6. The van der Waals surface area contributed by atoms with Gasteiger partial charge in [-0.3, -0.25) is 0 Å². The highest BCUT2D eigenvalue weighted by atomic mass is 127. The lowest BCUT2D eigenvalue weighted by Gasteiger charge is -2.27. The van der Waals surface area contributed by atoms with Crippen LogP contribution in [0, 0.1) is 14.9 Å². The van der Waals surface area contributed by atoms with Gasteiger partial charge in [-0.25, -0.2) is 0 Å². The molecule has 28 heavy (non-hydrogen) atoms. The van der Waals surface area contributed by atoms with Crippen LogP contribution in [-0.2, 0) is 0 Å². The van der Waals surface area contributed by atoms with Crippen LogP contribution >= 0.6 is 22.6 Å². The van der Waals surface area contributed by atoms with E-state index in [2.05, 4.69) is 28.7 Å². The van der Waals surface area contributed by atoms with Crippen LogP contribution in [0.25, 0.3) is 0 Å². The number of hydrogen-bond acceptors (Lipinski definition) is 7. The number of halogens is 1. The minimum Gasteiger partial charge on any atom is -0.492 e. The second kappa shape index (κ2) is 7.31. The van der Waals surface area contributed by atoms with Crippen molar-refractivity contribution in [2.24, 2.45) is 5.73 Å². The molecule has 0 spiro atoms. The van der Waals surface area contributed by atoms with Gasteiger partial charge in [-0.05, 0) is 53.3 Å². The predicted molar refractivity (Wildman–Crippen MR) is 109 cm³/mol. The minimum atomic E-state index is -0.429. The molecule has 7 nitrogen and oxygen atoms in total. The maximum absolute atomic E-state index is 9.77. The minimum absolute atomic E-state index is 0.0719. The number of rotatable bonds is 4. The van der Waals surface area contributed by atoms with Crippen LogP contribution in [0.1, 0.15) is 24.0 Å². The lowest BCUT2D eigenvalue weighted by Crippen LogP contribution is -2.21. The van der Waals surface area contributed by atoms with E-state index < -0.39 is 5.92 Å². The molecule has 8 heteroatoms. The Labute approximate surface area is 175 Å². The van der Waals surface area contributed by atoms with E-state index in [0.717, 1.165) is 14.7 Å². The van der Waals surface area contributed by atoms with Gasteiger partial charge < -0.3 is 29.4 Å². The molecule has 2 aromatic rings. The quantitative estimate of drug-likeness (QED) is 0.652. The molecule has 1 atom stereocenters. The van der Waals surface area contributed by atoms with E-state index in [1.165, 1.54) is 0 Å². The molecule has 0 bridgehead atoms. The molecule has 2 N–H and O–H groups in total. The summed E-state index contributed by atoms with van der Waals surface area (Å²) in [4.78, 5) is 0. The van der Waals surface area contributed by atoms with Gasteiger partial charge in [0.25, 0.3) is 0 Å². The summed E-state index contributed by atoms with van der Waals surface area (Å²) in [5.74, 6) is 2.64. The average Bonchev–Trinajstić information content (AvgIpc) is 3.12. The molecule has 0 aromatic heterocycles. The van der Waals surface area contributed by atoms with Gasteiger partial charge in [-0.15, -0.1) is 0 Å². The number of nitrogens with zero attached hydrogens (tertiary/aromatic N) is 1. The Hall–Kier alpha value is -2.80. The fourth-order valence-corrected chi connectivity index (χ4v) is 4.25. The topological polar surface area (TPSA) is 96.0 Å². The number of methoxy groups -OCH3 is 1. The molecule has 2 aliphatic heterocycles. The molecular weight excluding hydrogens is 475 g/mol. The number of nitrogens with two attached hydrogens (primary N) is 1. The monoisotopic (exact) mass is 492 g/mol. The molecule has 0 saturated heterocycles. The predicted octanol–water partition coefficient (Wildman–Crippen LogP) is 3.65. The average molecular weight is 492 g/mol. The summed E-state index contributed by atoms with van der Waals surface area (Å²) in [5.41, 5.74) is 8.02. The number of fused-ring (bicyclic) bond motifs is 2. The second-order valence-corrected chi connectivity index (χ2v) is 7.30. The van der Waals surface area contributed by atoms with Crippen molar-refractivity contribution in [3.05, 3.63) is 50.4 Å². The number of nitriles is 1. The zero-order valence-corrected chi connectivity index (χ0v) is 17.4. The van der Waals surface area contributed by atoms with E-state index in [1.807, 2.05) is 25.1 Å². The maximum Gasteiger partial charge on any atom is 0.231 e. The fraction of sp³-hybridized carbons (Fsp3) is 0.250. The molecule has 2 aromatic carbocycles. The third kappa shape index (κ3) is 2.96. The van der Waals surface area contributed by atoms with E-state index in [4.69, 9.17) is 29.4 Å². The van der Waals surface area contributed by atoms with Gasteiger partial charge in [-0.1, -0.05) is 0 Å². The van der Waals surface area contributed by atoms with Crippen LogP contribution < -0.4 is 29.4 Å². The van der Waals surface area contributed by atoms with E-state index in [9.17, 15) is 5.26 Å². The van der Waals surface area contributed by atoms with E-state index >= 15 is 0 Å². The Morgan fingerprint density at radius 2 is 1.96 bits per heavy atom. The molecular formula is C20H17IN2O5. The number of ether oxygens (including phenoxy) is 5. The van der Waals surface area contributed by atoms with E-state index in [0.29, 0.717) is 40.9 Å². The van der Waals surface area contributed by atoms with Crippen LogP contribution in [0.4, 0.5) is 0 Å². The van der Waals surface area contributed by atoms with Crippen molar-refractivity contribution in [2.75, 3.05) is 20.5 Å². The molecule has 0 aliphatic carbocycles. The Morgan fingerprint density at radius 3 is 2.64 bits per heavy atom. The van der Waals surface area contributed by atoms with Crippen LogP contribution in [-0.4, -0.2) is 20.5 Å². The molecule has 0 fully saturated rings. The highest BCUT2D eigenvalue weighted by Gasteiger charge is 2.34. The normalized spacial score (nSPS) is 16.9. The Bertz CT molecular complexity index is 1030. The van der Waals surface area contributed by atoms with Gasteiger partial charge in [-0.2, -0.15) is 5.26 Å². The highest BCUT2D eigenvalue weighted by Crippen LogP contribution is 2.49. The van der Waals surface area contributed by atoms with Crippen LogP contribution in [0.3, 0.4) is 0 Å². The number of allylic oxidation sites excluding steroid dienone is 1. The first-order chi connectivity index (χ1) is 13.6. The third-order valence-electron chi connectivity index (χ3n) is 4.58. The van der Waals surface area contributed by atoms with Gasteiger partial charge in [0.1, 0.15) is 17.4 Å². The summed E-state index contributed by atoms with van der Waals surface area (Å²) in [7, 11) is 1.60. The van der Waals surface area contributed by atoms with Crippen LogP contribution in [0.2, 0.25) is 0 Å². The van der Waals surface area contributed by atoms with Crippen LogP contribution in [0.15, 0.2) is 35.7 Å². The third-order valence-corrected chi connectivity index (χ3v) is 5.38. The van der Waals surface area contributed by atoms with Crippen LogP contribution in [0.5, 0.6) is 28.7 Å². The molecule has 2 heterocycles. The molecule has 144 valence electrons. The Morgan fingerprint density at radius 1 is 1.21 bits per heavy atom. The van der Waals surface area contributed by atoms with E-state index in [1.54, 1.807) is 13.2 Å². The molecule has 0 radical (unpaired) electrons. The summed E-state index contributed by atoms with van der Waals surface area (Å²) in [6, 6.07) is 9.60. The summed E-state index contributed by atoms with van der Waals surface area (Å²) in [5, 5.41) is 9.77. The summed E-state index contributed by atoms with van der Waals surface area (Å²) >= 11 is 2.19. The smallest absolute Gasteiger partial charge is 0.231 e. The lowest BCUT2D eigenvalue weighted by molar-refractivity contribution is 0.174. The zero-order chi connectivity index (χ0) is 19.8. The second-order valence-electron chi connectivity index (χ2n) is 6.14. The lowest BCUT2D eigenvalue weighted by atomic mass is 9.83. The standard InChI is InChI=1S/C20H17IN2O5/c1-3-25-17-5-10(4-13(21)19(17)24-2)18-11-6-15-16(27-9-26-15)7-14(11)28-20(23)12(18)8-22/h4-7,18H,3,9,23H2,1-2H3/t18-/m0/s1. The first-order valence-corrected chi connectivity index (χ1v) is 9.66. The van der Waals surface area contributed by atoms with Crippen molar-refractivity contribution in [1.29, 1.82) is 5.26 Å². The molecule has 0 unspecified atom stereocenters. The molecule has 0 amide bonds. The first-order valence-electron chi connectivity index (χ1n) is 8.58. The van der Waals surface area contributed by atoms with Gasteiger partial charge in [0.15, 0.2) is 23.0 Å². The largest absolute Gasteiger partial charge is 0.492 e. The number of hydrogen-bond donors (Lipinski definition) is 1. The van der Waals surface area contributed by atoms with Crippen molar-refractivity contribution < 1.29 is 23.7 Å². The van der Waals surface area contributed by atoms with Gasteiger partial charge in [0, 0.05) is 11.6 Å². The zero-order valence-electron chi connectivity index (χ0n) is 15.2. The van der Waals surface area contributed by atoms with E-state index in [-0.39, 0.29) is 12.7 Å². The van der Waals surface area contributed by atoms with Crippen molar-refractivity contribution in [3.63, 3.8) is 0 Å². The van der Waals surface area contributed by atoms with Crippen molar-refractivity contribution in [2.45, 2.75) is 12.8 Å². The Balaban J connectivity index is 1.92. The molecule has 2 aliphatic rings. The van der Waals surface area contributed by atoms with Crippen molar-refractivity contribution in [1.82, 2.24) is 0 Å². The molecule has 0 saturated carbocycles. The maximum atomic E-state index is 9.77. The summed E-state index contributed by atoms with van der Waals surface area (Å²) in [6.07, 6.45) is 0. The SMILES string of the molecule is CCOc1cc([C@@H]2C(C#N)=C(N)Oc3cc4c(cc32)OCO4)cc(I)c1OC. The molecule has 4 rings (SSSR count). The number of benzene rings is 2. The fourth-order valence-electron chi connectivity index (χ4n) is 3.41. The summed E-state index contributed by atoms with van der Waals surface area (Å²) < 4.78 is 28.8. The van der Waals surface area contributed by atoms with Crippen molar-refractivity contribution in [3.8, 4) is 34.8 Å². The van der Waals surface area contributed by atoms with Gasteiger partial charge in [0.2, 0.25) is 12.7 Å². The van der Waals surface area contributed by atoms with Gasteiger partial charge in [0.05, 0.1) is 23.2 Å².